The lowest BCUT2D eigenvalue weighted by atomic mass is 9.84. The molecule has 2 heteroatoms. The van der Waals surface area contributed by atoms with Gasteiger partial charge in [0.25, 0.3) is 0 Å². The van der Waals surface area contributed by atoms with Gasteiger partial charge in [0.05, 0.1) is 0 Å². The predicted molar refractivity (Wildman–Crippen MR) is 173 cm³/mol. The zero-order valence-corrected chi connectivity index (χ0v) is 22.4. The zero-order chi connectivity index (χ0) is 27.2. The van der Waals surface area contributed by atoms with Crippen molar-refractivity contribution in [3.05, 3.63) is 152 Å². The third kappa shape index (κ3) is 3.92. The van der Waals surface area contributed by atoms with E-state index < -0.39 is 0 Å². The van der Waals surface area contributed by atoms with Crippen molar-refractivity contribution >= 4 is 32.3 Å². The van der Waals surface area contributed by atoms with Gasteiger partial charge in [-0.3, -0.25) is 0 Å². The van der Waals surface area contributed by atoms with Crippen LogP contribution in [0.25, 0.3) is 77.1 Å². The van der Waals surface area contributed by atoms with E-state index in [1.807, 2.05) is 12.4 Å². The molecule has 192 valence electrons. The van der Waals surface area contributed by atoms with Gasteiger partial charge in [-0.05, 0) is 77.8 Å². The molecule has 0 spiro atoms. The zero-order valence-electron chi connectivity index (χ0n) is 22.4. The Morgan fingerprint density at radius 1 is 0.415 bits per heavy atom. The van der Waals surface area contributed by atoms with Gasteiger partial charge < -0.3 is 4.98 Å². The Morgan fingerprint density at radius 2 is 0.976 bits per heavy atom. The minimum Gasteiger partial charge on any atom is -0.345 e. The number of fused-ring (bicyclic) bond motifs is 3. The summed E-state index contributed by atoms with van der Waals surface area (Å²) in [5.41, 5.74) is 8.38. The highest BCUT2D eigenvalue weighted by molar-refractivity contribution is 6.22. The summed E-state index contributed by atoms with van der Waals surface area (Å²) in [6.45, 7) is 0. The van der Waals surface area contributed by atoms with E-state index in [2.05, 4.69) is 149 Å². The summed E-state index contributed by atoms with van der Waals surface area (Å²) in [4.78, 5) is 7.90. The molecule has 0 radical (unpaired) electrons. The average Bonchev–Trinajstić information content (AvgIpc) is 3.59. The van der Waals surface area contributed by atoms with E-state index in [9.17, 15) is 0 Å². The van der Waals surface area contributed by atoms with Crippen LogP contribution in [0.3, 0.4) is 0 Å². The number of aromatic nitrogens is 2. The standard InChI is InChI=1S/C39H26N2/c1-2-11-27(12-3-1)36-25-30(20-21-35(36)39-40-22-23-41-39)38-33-16-8-6-14-31(33)37(32-15-7-9-17-34(32)38)29-19-18-26-10-4-5-13-28(26)24-29/h1-25H,(H,40,41). The Labute approximate surface area is 238 Å². The highest BCUT2D eigenvalue weighted by Gasteiger charge is 2.18. The lowest BCUT2D eigenvalue weighted by Gasteiger charge is -2.19. The quantitative estimate of drug-likeness (QED) is 0.229. The van der Waals surface area contributed by atoms with Crippen LogP contribution in [0.2, 0.25) is 0 Å². The van der Waals surface area contributed by atoms with Gasteiger partial charge in [-0.1, -0.05) is 127 Å². The average molecular weight is 523 g/mol. The lowest BCUT2D eigenvalue weighted by molar-refractivity contribution is 1.31. The van der Waals surface area contributed by atoms with Gasteiger partial charge in [0.2, 0.25) is 0 Å². The number of hydrogen-bond donors (Lipinski definition) is 1. The molecule has 1 N–H and O–H groups in total. The summed E-state index contributed by atoms with van der Waals surface area (Å²) in [5.74, 6) is 0.872. The van der Waals surface area contributed by atoms with Crippen LogP contribution in [0.1, 0.15) is 0 Å². The molecule has 0 aliphatic rings. The molecule has 0 fully saturated rings. The molecule has 41 heavy (non-hydrogen) atoms. The fourth-order valence-electron chi connectivity index (χ4n) is 6.27. The third-order valence-electron chi connectivity index (χ3n) is 8.12. The smallest absolute Gasteiger partial charge is 0.137 e. The Bertz CT molecular complexity index is 2140. The predicted octanol–water partition coefficient (Wildman–Crippen LogP) is 10.5. The Hall–Kier alpha value is -5.47. The molecule has 0 atom stereocenters. The first kappa shape index (κ1) is 23.4. The molecule has 0 saturated heterocycles. The minimum atomic E-state index is 0.872. The number of aromatic amines is 1. The number of benzene rings is 7. The van der Waals surface area contributed by atoms with Crippen LogP contribution in [0.5, 0.6) is 0 Å². The topological polar surface area (TPSA) is 28.7 Å². The molecule has 1 heterocycles. The van der Waals surface area contributed by atoms with Gasteiger partial charge in [-0.2, -0.15) is 0 Å². The van der Waals surface area contributed by atoms with Crippen molar-refractivity contribution in [2.75, 3.05) is 0 Å². The molecule has 8 rings (SSSR count). The Morgan fingerprint density at radius 3 is 1.61 bits per heavy atom. The largest absolute Gasteiger partial charge is 0.345 e. The molecule has 8 aromatic rings. The van der Waals surface area contributed by atoms with Crippen LogP contribution < -0.4 is 0 Å². The van der Waals surface area contributed by atoms with Crippen molar-refractivity contribution in [1.82, 2.24) is 9.97 Å². The van der Waals surface area contributed by atoms with E-state index in [-0.39, 0.29) is 0 Å². The summed E-state index contributed by atoms with van der Waals surface area (Å²) in [5, 5.41) is 7.52. The summed E-state index contributed by atoms with van der Waals surface area (Å²) in [7, 11) is 0. The molecular formula is C39H26N2. The van der Waals surface area contributed by atoms with E-state index in [1.54, 1.807) is 0 Å². The first-order chi connectivity index (χ1) is 20.3. The van der Waals surface area contributed by atoms with E-state index in [1.165, 1.54) is 60.1 Å². The highest BCUT2D eigenvalue weighted by atomic mass is 14.9. The van der Waals surface area contributed by atoms with Crippen molar-refractivity contribution in [2.45, 2.75) is 0 Å². The van der Waals surface area contributed by atoms with Gasteiger partial charge >= 0.3 is 0 Å². The number of imidazole rings is 1. The number of hydrogen-bond acceptors (Lipinski definition) is 1. The summed E-state index contributed by atoms with van der Waals surface area (Å²) >= 11 is 0. The fraction of sp³-hybridized carbons (Fsp3) is 0. The molecule has 2 nitrogen and oxygen atoms in total. The number of nitrogens with zero attached hydrogens (tertiary/aromatic N) is 1. The Kier molecular flexibility index (Phi) is 5.49. The second-order valence-electron chi connectivity index (χ2n) is 10.5. The van der Waals surface area contributed by atoms with E-state index in [4.69, 9.17) is 0 Å². The summed E-state index contributed by atoms with van der Waals surface area (Å²) in [6, 6.07) is 50.5. The van der Waals surface area contributed by atoms with Crippen LogP contribution in [0.15, 0.2) is 152 Å². The maximum Gasteiger partial charge on any atom is 0.137 e. The second-order valence-corrected chi connectivity index (χ2v) is 10.5. The van der Waals surface area contributed by atoms with Crippen molar-refractivity contribution in [2.24, 2.45) is 0 Å². The number of rotatable bonds is 4. The van der Waals surface area contributed by atoms with Crippen LogP contribution in [0.4, 0.5) is 0 Å². The maximum atomic E-state index is 4.59. The molecule has 0 unspecified atom stereocenters. The van der Waals surface area contributed by atoms with E-state index in [0.29, 0.717) is 0 Å². The molecule has 1 aromatic heterocycles. The number of nitrogens with one attached hydrogen (secondary N) is 1. The van der Waals surface area contributed by atoms with Gasteiger partial charge in [-0.25, -0.2) is 4.98 Å². The second kappa shape index (κ2) is 9.62. The highest BCUT2D eigenvalue weighted by Crippen LogP contribution is 2.45. The molecule has 7 aromatic carbocycles. The SMILES string of the molecule is c1ccc(-c2cc(-c3c4ccccc4c(-c4ccc5ccccc5c4)c4ccccc34)ccc2-c2ncc[nH]2)cc1. The van der Waals surface area contributed by atoms with Gasteiger partial charge in [0, 0.05) is 18.0 Å². The van der Waals surface area contributed by atoms with Gasteiger partial charge in [-0.15, -0.1) is 0 Å². The first-order valence-electron chi connectivity index (χ1n) is 14.0. The van der Waals surface area contributed by atoms with Crippen molar-refractivity contribution < 1.29 is 0 Å². The third-order valence-corrected chi connectivity index (χ3v) is 8.12. The van der Waals surface area contributed by atoms with Crippen LogP contribution >= 0.6 is 0 Å². The summed E-state index contributed by atoms with van der Waals surface area (Å²) in [6.07, 6.45) is 3.69. The lowest BCUT2D eigenvalue weighted by Crippen LogP contribution is -1.93. The monoisotopic (exact) mass is 522 g/mol. The normalized spacial score (nSPS) is 11.4. The Balaban J connectivity index is 1.44. The molecule has 0 amide bonds. The van der Waals surface area contributed by atoms with Crippen LogP contribution in [0, 0.1) is 0 Å². The van der Waals surface area contributed by atoms with Crippen LogP contribution in [-0.2, 0) is 0 Å². The molecular weight excluding hydrogens is 496 g/mol. The van der Waals surface area contributed by atoms with Crippen molar-refractivity contribution in [1.29, 1.82) is 0 Å². The molecule has 0 saturated carbocycles. The van der Waals surface area contributed by atoms with Crippen molar-refractivity contribution in [3.8, 4) is 44.8 Å². The van der Waals surface area contributed by atoms with Gasteiger partial charge in [0.1, 0.15) is 5.82 Å². The maximum absolute atomic E-state index is 4.59. The minimum absolute atomic E-state index is 0.872. The molecule has 0 aliphatic heterocycles. The fourth-order valence-corrected chi connectivity index (χ4v) is 6.27. The van der Waals surface area contributed by atoms with E-state index >= 15 is 0 Å². The molecule has 0 aliphatic carbocycles. The number of H-pyrrole nitrogens is 1. The van der Waals surface area contributed by atoms with Crippen LogP contribution in [-0.4, -0.2) is 9.97 Å². The summed E-state index contributed by atoms with van der Waals surface area (Å²) < 4.78 is 0. The van der Waals surface area contributed by atoms with Gasteiger partial charge in [0.15, 0.2) is 0 Å². The molecule has 0 bridgehead atoms. The van der Waals surface area contributed by atoms with E-state index in [0.717, 1.165) is 17.0 Å². The first-order valence-corrected chi connectivity index (χ1v) is 14.0. The van der Waals surface area contributed by atoms with Crippen molar-refractivity contribution in [3.63, 3.8) is 0 Å².